The Bertz CT molecular complexity index is 1040. The van der Waals surface area contributed by atoms with Crippen molar-refractivity contribution in [2.75, 3.05) is 19.4 Å². The average Bonchev–Trinajstić information content (AvgIpc) is 3.40. The lowest BCUT2D eigenvalue weighted by molar-refractivity contribution is 0.0981. The number of nitrogens with one attached hydrogen (secondary N) is 3. The molecule has 0 radical (unpaired) electrons. The van der Waals surface area contributed by atoms with Crippen molar-refractivity contribution in [3.8, 4) is 0 Å². The van der Waals surface area contributed by atoms with Crippen LogP contribution in [0.3, 0.4) is 0 Å². The quantitative estimate of drug-likeness (QED) is 0.532. The van der Waals surface area contributed by atoms with Crippen molar-refractivity contribution in [3.05, 3.63) is 35.9 Å². The first kappa shape index (κ1) is 21.1. The van der Waals surface area contributed by atoms with Gasteiger partial charge in [-0.05, 0) is 53.3 Å². The van der Waals surface area contributed by atoms with E-state index in [1.54, 1.807) is 6.20 Å². The largest absolute Gasteiger partial charge is 0.446 e. The lowest BCUT2D eigenvalue weighted by Gasteiger charge is -2.14. The van der Waals surface area contributed by atoms with E-state index in [4.69, 9.17) is 4.74 Å². The number of amides is 1. The number of aromatic amines is 1. The monoisotopic (exact) mass is 426 g/mol. The van der Waals surface area contributed by atoms with Gasteiger partial charge in [-0.15, -0.1) is 0 Å². The van der Waals surface area contributed by atoms with Crippen molar-refractivity contribution in [1.82, 2.24) is 35.0 Å². The number of carbonyl (C=O) groups is 1. The summed E-state index contributed by atoms with van der Waals surface area (Å²) in [6.45, 7) is 4.59. The molecular weight excluding hydrogens is 396 g/mol. The van der Waals surface area contributed by atoms with Gasteiger partial charge in [-0.2, -0.15) is 10.2 Å². The molecule has 0 unspecified atom stereocenters. The minimum absolute atomic E-state index is 0.0683. The van der Waals surface area contributed by atoms with Gasteiger partial charge in [-0.3, -0.25) is 5.10 Å². The summed E-state index contributed by atoms with van der Waals surface area (Å²) in [5.41, 5.74) is 2.91. The molecule has 0 bridgehead atoms. The molecule has 0 saturated heterocycles. The second-order valence-corrected chi connectivity index (χ2v) is 8.65. The predicted molar refractivity (Wildman–Crippen MR) is 117 cm³/mol. The lowest BCUT2D eigenvalue weighted by atomic mass is 10.0. The smallest absolute Gasteiger partial charge is 0.407 e. The fraction of sp³-hybridized carbons (Fsp3) is 0.524. The summed E-state index contributed by atoms with van der Waals surface area (Å²) < 4.78 is 7.35. The van der Waals surface area contributed by atoms with E-state index < -0.39 is 0 Å². The number of alkyl carbamates (subject to hydrolysis) is 1. The van der Waals surface area contributed by atoms with Crippen LogP contribution in [0.25, 0.3) is 5.52 Å². The summed E-state index contributed by atoms with van der Waals surface area (Å²) in [5.74, 6) is 1.69. The van der Waals surface area contributed by atoms with E-state index in [0.29, 0.717) is 11.6 Å². The van der Waals surface area contributed by atoms with E-state index in [0.717, 1.165) is 42.7 Å². The zero-order chi connectivity index (χ0) is 22.0. The molecule has 31 heavy (non-hydrogen) atoms. The molecule has 1 saturated carbocycles. The van der Waals surface area contributed by atoms with Crippen LogP contribution in [0.15, 0.2) is 24.5 Å². The third kappa shape index (κ3) is 5.13. The highest BCUT2D eigenvalue weighted by molar-refractivity contribution is 5.72. The standard InChI is InChI=1S/C21H30N8O2/c1-13(2)23-21(30)31-16-6-5-14(9-16)17-11-19(26-25-17)24-20-18-10-15(12-28(3)4)27-29(18)8-7-22-20/h7-8,10-11,13-14,16H,5-6,9,12H2,1-4H3,(H,23,30)(H2,22,24,25,26)/t14-,16+/m0/s1. The maximum atomic E-state index is 11.8. The maximum absolute atomic E-state index is 11.8. The van der Waals surface area contributed by atoms with Crippen molar-refractivity contribution < 1.29 is 9.53 Å². The Kier molecular flexibility index (Phi) is 6.08. The Labute approximate surface area is 181 Å². The summed E-state index contributed by atoms with van der Waals surface area (Å²) in [6, 6.07) is 4.10. The molecule has 3 heterocycles. The van der Waals surface area contributed by atoms with Crippen LogP contribution >= 0.6 is 0 Å². The molecule has 3 aromatic heterocycles. The molecule has 0 aliphatic heterocycles. The first-order valence-corrected chi connectivity index (χ1v) is 10.6. The van der Waals surface area contributed by atoms with Gasteiger partial charge >= 0.3 is 6.09 Å². The van der Waals surface area contributed by atoms with Crippen LogP contribution < -0.4 is 10.6 Å². The number of rotatable bonds is 7. The average molecular weight is 427 g/mol. The Morgan fingerprint density at radius 1 is 1.35 bits per heavy atom. The Hall–Kier alpha value is -3.14. The normalized spacial score (nSPS) is 18.8. The highest BCUT2D eigenvalue weighted by Crippen LogP contribution is 2.36. The summed E-state index contributed by atoms with van der Waals surface area (Å²) in [5, 5.41) is 18.2. The van der Waals surface area contributed by atoms with Crippen LogP contribution in [0.2, 0.25) is 0 Å². The number of aromatic nitrogens is 5. The van der Waals surface area contributed by atoms with Crippen LogP contribution in [0.4, 0.5) is 16.4 Å². The summed E-state index contributed by atoms with van der Waals surface area (Å²) in [7, 11) is 4.03. The number of H-pyrrole nitrogens is 1. The van der Waals surface area contributed by atoms with Gasteiger partial charge in [-0.25, -0.2) is 14.3 Å². The first-order valence-electron chi connectivity index (χ1n) is 10.6. The molecule has 0 aromatic carbocycles. The molecule has 4 rings (SSSR count). The molecule has 10 heteroatoms. The van der Waals surface area contributed by atoms with E-state index in [1.165, 1.54) is 0 Å². The zero-order valence-electron chi connectivity index (χ0n) is 18.4. The molecule has 1 aliphatic carbocycles. The molecule has 0 spiro atoms. The Morgan fingerprint density at radius 3 is 2.97 bits per heavy atom. The number of anilines is 2. The van der Waals surface area contributed by atoms with Gasteiger partial charge in [0.1, 0.15) is 11.6 Å². The highest BCUT2D eigenvalue weighted by Gasteiger charge is 2.30. The number of fused-ring (bicyclic) bond motifs is 1. The SMILES string of the molecule is CC(C)NC(=O)O[C@@H]1CC[C@H](c2cc(Nc3nccn4nc(CN(C)C)cc34)n[nH]2)C1. The first-order chi connectivity index (χ1) is 14.9. The van der Waals surface area contributed by atoms with E-state index in [-0.39, 0.29) is 24.2 Å². The third-order valence-electron chi connectivity index (χ3n) is 5.27. The van der Waals surface area contributed by atoms with Crippen molar-refractivity contribution >= 4 is 23.2 Å². The second-order valence-electron chi connectivity index (χ2n) is 8.65. The van der Waals surface area contributed by atoms with Gasteiger partial charge in [-0.1, -0.05) is 0 Å². The molecule has 3 N–H and O–H groups in total. The van der Waals surface area contributed by atoms with Crippen LogP contribution in [0.1, 0.15) is 50.4 Å². The Morgan fingerprint density at radius 2 is 2.19 bits per heavy atom. The molecular formula is C21H30N8O2. The summed E-state index contributed by atoms with van der Waals surface area (Å²) in [4.78, 5) is 18.4. The van der Waals surface area contributed by atoms with Gasteiger partial charge < -0.3 is 20.3 Å². The number of carbonyl (C=O) groups excluding carboxylic acids is 1. The van der Waals surface area contributed by atoms with E-state index in [9.17, 15) is 4.79 Å². The topological polar surface area (TPSA) is 112 Å². The molecule has 166 valence electrons. The molecule has 1 fully saturated rings. The van der Waals surface area contributed by atoms with Crippen LogP contribution in [0.5, 0.6) is 0 Å². The molecule has 1 aliphatic rings. The zero-order valence-corrected chi connectivity index (χ0v) is 18.4. The number of hydrogen-bond acceptors (Lipinski definition) is 7. The van der Waals surface area contributed by atoms with E-state index >= 15 is 0 Å². The van der Waals surface area contributed by atoms with Crippen molar-refractivity contribution in [1.29, 1.82) is 0 Å². The fourth-order valence-corrected chi connectivity index (χ4v) is 3.95. The van der Waals surface area contributed by atoms with Crippen molar-refractivity contribution in [2.45, 2.75) is 57.7 Å². The van der Waals surface area contributed by atoms with Crippen molar-refractivity contribution in [2.24, 2.45) is 0 Å². The molecule has 3 aromatic rings. The van der Waals surface area contributed by atoms with Crippen LogP contribution in [-0.4, -0.2) is 62.0 Å². The number of nitrogens with zero attached hydrogens (tertiary/aromatic N) is 5. The minimum Gasteiger partial charge on any atom is -0.446 e. The Balaban J connectivity index is 1.41. The highest BCUT2D eigenvalue weighted by atomic mass is 16.6. The lowest BCUT2D eigenvalue weighted by Crippen LogP contribution is -2.33. The van der Waals surface area contributed by atoms with Crippen LogP contribution in [-0.2, 0) is 11.3 Å². The van der Waals surface area contributed by atoms with Crippen molar-refractivity contribution in [3.63, 3.8) is 0 Å². The van der Waals surface area contributed by atoms with Gasteiger partial charge in [0.05, 0.1) is 5.69 Å². The third-order valence-corrected chi connectivity index (χ3v) is 5.27. The number of ether oxygens (including phenoxy) is 1. The fourth-order valence-electron chi connectivity index (χ4n) is 3.95. The number of hydrogen-bond donors (Lipinski definition) is 3. The maximum Gasteiger partial charge on any atom is 0.407 e. The molecule has 10 nitrogen and oxygen atoms in total. The van der Waals surface area contributed by atoms with Gasteiger partial charge in [0.25, 0.3) is 0 Å². The van der Waals surface area contributed by atoms with Gasteiger partial charge in [0.15, 0.2) is 11.6 Å². The van der Waals surface area contributed by atoms with E-state index in [1.807, 2.05) is 50.8 Å². The summed E-state index contributed by atoms with van der Waals surface area (Å²) >= 11 is 0. The van der Waals surface area contributed by atoms with Gasteiger partial charge in [0.2, 0.25) is 0 Å². The van der Waals surface area contributed by atoms with Gasteiger partial charge in [0, 0.05) is 42.7 Å². The van der Waals surface area contributed by atoms with Crippen LogP contribution in [0, 0.1) is 0 Å². The van der Waals surface area contributed by atoms with E-state index in [2.05, 4.69) is 35.8 Å². The summed E-state index contributed by atoms with van der Waals surface area (Å²) in [6.07, 6.45) is 5.73. The molecule has 1 amide bonds. The minimum atomic E-state index is -0.346. The predicted octanol–water partition coefficient (Wildman–Crippen LogP) is 3.03. The molecule has 2 atom stereocenters. The second kappa shape index (κ2) is 8.93.